The molecule has 4 rings (SSSR count). The Morgan fingerprint density at radius 2 is 2.00 bits per heavy atom. The summed E-state index contributed by atoms with van der Waals surface area (Å²) in [7, 11) is 0. The van der Waals surface area contributed by atoms with E-state index < -0.39 is 6.10 Å². The van der Waals surface area contributed by atoms with Crippen molar-refractivity contribution in [1.82, 2.24) is 15.0 Å². The fourth-order valence-corrected chi connectivity index (χ4v) is 2.77. The van der Waals surface area contributed by atoms with Crippen molar-refractivity contribution in [3.8, 4) is 11.3 Å². The lowest BCUT2D eigenvalue weighted by molar-refractivity contribution is -0.0778. The minimum atomic E-state index is -0.651. The van der Waals surface area contributed by atoms with Crippen LogP contribution in [0.15, 0.2) is 54.9 Å². The van der Waals surface area contributed by atoms with Crippen molar-refractivity contribution in [2.45, 2.75) is 6.10 Å². The molecule has 1 amide bonds. The first-order valence-corrected chi connectivity index (χ1v) is 7.65. The summed E-state index contributed by atoms with van der Waals surface area (Å²) in [6.07, 6.45) is 2.73. The number of para-hydroxylation sites is 1. The Morgan fingerprint density at radius 3 is 2.75 bits per heavy atom. The monoisotopic (exact) mass is 321 g/mol. The van der Waals surface area contributed by atoms with Crippen LogP contribution in [-0.4, -0.2) is 45.3 Å². The number of rotatable bonds is 2. The minimum Gasteiger partial charge on any atom is -0.389 e. The number of nitrogens with zero attached hydrogens (tertiary/aromatic N) is 3. The number of carbonyl (C=O) groups excluding carboxylic acids is 1. The second kappa shape index (κ2) is 5.99. The molecule has 1 aliphatic rings. The fourth-order valence-electron chi connectivity index (χ4n) is 2.77. The topological polar surface area (TPSA) is 75.6 Å². The summed E-state index contributed by atoms with van der Waals surface area (Å²) in [4.78, 5) is 26.8. The van der Waals surface area contributed by atoms with Gasteiger partial charge in [0, 0.05) is 23.3 Å². The zero-order valence-corrected chi connectivity index (χ0v) is 12.8. The number of hydrogen-bond donors (Lipinski definition) is 1. The Labute approximate surface area is 138 Å². The van der Waals surface area contributed by atoms with E-state index in [-0.39, 0.29) is 19.1 Å². The van der Waals surface area contributed by atoms with Gasteiger partial charge in [-0.2, -0.15) is 0 Å². The highest BCUT2D eigenvalue weighted by molar-refractivity contribution is 6.06. The average Bonchev–Trinajstić information content (AvgIpc) is 3.07. The van der Waals surface area contributed by atoms with Gasteiger partial charge in [-0.25, -0.2) is 10.0 Å². The van der Waals surface area contributed by atoms with Gasteiger partial charge in [-0.15, -0.1) is 0 Å². The maximum atomic E-state index is 12.8. The van der Waals surface area contributed by atoms with Crippen molar-refractivity contribution in [2.75, 3.05) is 13.2 Å². The van der Waals surface area contributed by atoms with E-state index in [1.54, 1.807) is 18.5 Å². The molecule has 0 bridgehead atoms. The first-order chi connectivity index (χ1) is 11.7. The van der Waals surface area contributed by atoms with Gasteiger partial charge in [0.05, 0.1) is 23.3 Å². The number of aliphatic hydroxyl groups is 1. The molecule has 0 saturated carbocycles. The number of fused-ring (bicyclic) bond motifs is 1. The zero-order valence-electron chi connectivity index (χ0n) is 12.8. The number of amides is 1. The van der Waals surface area contributed by atoms with Crippen molar-refractivity contribution >= 4 is 16.8 Å². The van der Waals surface area contributed by atoms with E-state index in [2.05, 4.69) is 9.97 Å². The third-order valence-corrected chi connectivity index (χ3v) is 3.95. The number of aliphatic hydroxyl groups excluding tert-OH is 1. The molecule has 6 nitrogen and oxygen atoms in total. The summed E-state index contributed by atoms with van der Waals surface area (Å²) < 4.78 is 0. The molecular formula is C18H15N3O3. The largest absolute Gasteiger partial charge is 0.389 e. The summed E-state index contributed by atoms with van der Waals surface area (Å²) in [6, 6.07) is 12.9. The molecular weight excluding hydrogens is 306 g/mol. The van der Waals surface area contributed by atoms with E-state index in [1.165, 1.54) is 5.06 Å². The van der Waals surface area contributed by atoms with Crippen molar-refractivity contribution in [2.24, 2.45) is 0 Å². The summed E-state index contributed by atoms with van der Waals surface area (Å²) in [5, 5.41) is 11.6. The number of hydroxylamine groups is 2. The number of pyridine rings is 2. The van der Waals surface area contributed by atoms with Gasteiger partial charge in [0.25, 0.3) is 5.91 Å². The van der Waals surface area contributed by atoms with Crippen LogP contribution in [0.1, 0.15) is 10.4 Å². The van der Waals surface area contributed by atoms with Crippen molar-refractivity contribution in [3.63, 3.8) is 0 Å². The van der Waals surface area contributed by atoms with E-state index in [9.17, 15) is 9.90 Å². The molecule has 24 heavy (non-hydrogen) atoms. The lowest BCUT2D eigenvalue weighted by Gasteiger charge is -2.16. The summed E-state index contributed by atoms with van der Waals surface area (Å²) in [5.74, 6) is -0.277. The third kappa shape index (κ3) is 2.62. The van der Waals surface area contributed by atoms with Gasteiger partial charge in [-0.05, 0) is 24.3 Å². The molecule has 3 heterocycles. The van der Waals surface area contributed by atoms with Crippen LogP contribution in [-0.2, 0) is 4.84 Å². The summed E-state index contributed by atoms with van der Waals surface area (Å²) >= 11 is 0. The van der Waals surface area contributed by atoms with E-state index in [1.807, 2.05) is 36.4 Å². The molecule has 1 saturated heterocycles. The Bertz CT molecular complexity index is 898. The Kier molecular flexibility index (Phi) is 3.68. The van der Waals surface area contributed by atoms with Crippen LogP contribution in [0.25, 0.3) is 22.2 Å². The Morgan fingerprint density at radius 1 is 1.21 bits per heavy atom. The predicted molar refractivity (Wildman–Crippen MR) is 88.0 cm³/mol. The molecule has 0 radical (unpaired) electrons. The lowest BCUT2D eigenvalue weighted by atomic mass is 10.0. The lowest BCUT2D eigenvalue weighted by Crippen LogP contribution is -2.28. The van der Waals surface area contributed by atoms with Gasteiger partial charge >= 0.3 is 0 Å². The number of hydrogen-bond acceptors (Lipinski definition) is 5. The highest BCUT2D eigenvalue weighted by atomic mass is 16.7. The molecule has 1 N–H and O–H groups in total. The number of carbonyl (C=O) groups is 1. The molecule has 0 aliphatic carbocycles. The maximum absolute atomic E-state index is 12.8. The zero-order chi connectivity index (χ0) is 16.5. The Balaban J connectivity index is 1.85. The molecule has 0 unspecified atom stereocenters. The van der Waals surface area contributed by atoms with Crippen LogP contribution in [0.2, 0.25) is 0 Å². The SMILES string of the molecule is O=C(c1cc(-c2ccncc2)nc2ccccc12)N1C[C@@H](O)CO1. The van der Waals surface area contributed by atoms with Crippen LogP contribution >= 0.6 is 0 Å². The minimum absolute atomic E-state index is 0.131. The van der Waals surface area contributed by atoms with Gasteiger partial charge in [0.15, 0.2) is 0 Å². The highest BCUT2D eigenvalue weighted by Gasteiger charge is 2.28. The molecule has 2 aromatic heterocycles. The molecule has 120 valence electrons. The van der Waals surface area contributed by atoms with Crippen LogP contribution in [0.4, 0.5) is 0 Å². The molecule has 1 aromatic carbocycles. The van der Waals surface area contributed by atoms with E-state index >= 15 is 0 Å². The van der Waals surface area contributed by atoms with Gasteiger partial charge in [0.1, 0.15) is 12.7 Å². The Hall–Kier alpha value is -2.83. The predicted octanol–water partition coefficient (Wildman–Crippen LogP) is 2.05. The number of benzene rings is 1. The average molecular weight is 321 g/mol. The smallest absolute Gasteiger partial charge is 0.278 e. The van der Waals surface area contributed by atoms with Crippen LogP contribution in [0.5, 0.6) is 0 Å². The second-order valence-electron chi connectivity index (χ2n) is 5.62. The highest BCUT2D eigenvalue weighted by Crippen LogP contribution is 2.26. The van der Waals surface area contributed by atoms with Gasteiger partial charge in [0.2, 0.25) is 0 Å². The first kappa shape index (κ1) is 14.7. The number of aromatic nitrogens is 2. The first-order valence-electron chi connectivity index (χ1n) is 7.65. The molecule has 1 aliphatic heterocycles. The quantitative estimate of drug-likeness (QED) is 0.782. The van der Waals surface area contributed by atoms with Gasteiger partial charge in [-0.3, -0.25) is 14.6 Å². The standard InChI is InChI=1S/C18H15N3O3/c22-13-10-21(24-11-13)18(23)15-9-17(12-5-7-19-8-6-12)20-16-4-2-1-3-14(15)16/h1-9,13,22H,10-11H2/t13-/m1/s1. The van der Waals surface area contributed by atoms with Crippen LogP contribution in [0.3, 0.4) is 0 Å². The normalized spacial score (nSPS) is 17.4. The fraction of sp³-hybridized carbons (Fsp3) is 0.167. The van der Waals surface area contributed by atoms with Crippen molar-refractivity contribution in [1.29, 1.82) is 0 Å². The molecule has 1 atom stereocenters. The number of β-amino-alcohol motifs (C(OH)–C–C–N with tert-alkyl or cyclic N) is 1. The third-order valence-electron chi connectivity index (χ3n) is 3.95. The van der Waals surface area contributed by atoms with Crippen molar-refractivity contribution in [3.05, 3.63) is 60.4 Å². The van der Waals surface area contributed by atoms with E-state index in [4.69, 9.17) is 4.84 Å². The molecule has 0 spiro atoms. The van der Waals surface area contributed by atoms with Crippen LogP contribution < -0.4 is 0 Å². The van der Waals surface area contributed by atoms with Crippen LogP contribution in [0, 0.1) is 0 Å². The molecule has 1 fully saturated rings. The van der Waals surface area contributed by atoms with Gasteiger partial charge < -0.3 is 5.11 Å². The molecule has 6 heteroatoms. The van der Waals surface area contributed by atoms with E-state index in [0.29, 0.717) is 11.3 Å². The summed E-state index contributed by atoms with van der Waals surface area (Å²) in [5.41, 5.74) is 2.81. The van der Waals surface area contributed by atoms with Crippen molar-refractivity contribution < 1.29 is 14.7 Å². The van der Waals surface area contributed by atoms with E-state index in [0.717, 1.165) is 16.5 Å². The molecule has 3 aromatic rings. The second-order valence-corrected chi connectivity index (χ2v) is 5.62. The summed E-state index contributed by atoms with van der Waals surface area (Å²) in [6.45, 7) is 0.298. The maximum Gasteiger partial charge on any atom is 0.278 e. The van der Waals surface area contributed by atoms with Gasteiger partial charge in [-0.1, -0.05) is 18.2 Å².